The summed E-state index contributed by atoms with van der Waals surface area (Å²) in [5, 5.41) is 12.4. The molecule has 2 rings (SSSR count). The molecule has 0 bridgehead atoms. The number of halogens is 3. The average Bonchev–Trinajstić information content (AvgIpc) is 2.52. The molecule has 0 heterocycles. The number of rotatable bonds is 5. The van der Waals surface area contributed by atoms with E-state index in [0.29, 0.717) is 11.3 Å². The maximum atomic E-state index is 13.4. The molecule has 1 atom stereocenters. The predicted molar refractivity (Wildman–Crippen MR) is 85.8 cm³/mol. The van der Waals surface area contributed by atoms with E-state index in [1.165, 1.54) is 0 Å². The van der Waals surface area contributed by atoms with Crippen LogP contribution in [0.1, 0.15) is 20.3 Å². The summed E-state index contributed by atoms with van der Waals surface area (Å²) in [6, 6.07) is 8.13. The highest BCUT2D eigenvalue weighted by molar-refractivity contribution is 5.95. The zero-order valence-corrected chi connectivity index (χ0v) is 13.3. The van der Waals surface area contributed by atoms with Gasteiger partial charge in [0.05, 0.1) is 12.5 Å². The molecule has 128 valence electrons. The summed E-state index contributed by atoms with van der Waals surface area (Å²) >= 11 is 0. The van der Waals surface area contributed by atoms with Crippen molar-refractivity contribution >= 4 is 11.6 Å². The molecule has 2 N–H and O–H groups in total. The van der Waals surface area contributed by atoms with Crippen molar-refractivity contribution < 1.29 is 23.1 Å². The van der Waals surface area contributed by atoms with Crippen LogP contribution in [0.25, 0.3) is 11.1 Å². The number of nitrogens with one attached hydrogen (secondary N) is 1. The van der Waals surface area contributed by atoms with E-state index < -0.39 is 29.5 Å². The Hall–Kier alpha value is -2.34. The van der Waals surface area contributed by atoms with Crippen molar-refractivity contribution in [3.63, 3.8) is 0 Å². The second-order valence-corrected chi connectivity index (χ2v) is 5.86. The fourth-order valence-electron chi connectivity index (χ4n) is 2.18. The fraction of sp³-hybridized carbons (Fsp3) is 0.278. The van der Waals surface area contributed by atoms with Gasteiger partial charge in [-0.15, -0.1) is 0 Å². The van der Waals surface area contributed by atoms with Crippen LogP contribution in [0.5, 0.6) is 0 Å². The molecule has 0 saturated carbocycles. The van der Waals surface area contributed by atoms with Gasteiger partial charge < -0.3 is 10.4 Å². The van der Waals surface area contributed by atoms with Crippen LogP contribution >= 0.6 is 0 Å². The Kier molecular flexibility index (Phi) is 5.62. The van der Waals surface area contributed by atoms with Crippen molar-refractivity contribution in [1.82, 2.24) is 0 Å². The molecule has 0 radical (unpaired) electrons. The minimum absolute atomic E-state index is 0.0775. The Bertz CT molecular complexity index is 724. The lowest BCUT2D eigenvalue weighted by Crippen LogP contribution is -2.23. The Morgan fingerprint density at radius 2 is 1.71 bits per heavy atom. The highest BCUT2D eigenvalue weighted by Gasteiger charge is 2.17. The van der Waals surface area contributed by atoms with Gasteiger partial charge in [0.25, 0.3) is 0 Å². The van der Waals surface area contributed by atoms with E-state index in [1.807, 2.05) is 0 Å². The molecule has 1 amide bonds. The highest BCUT2D eigenvalue weighted by atomic mass is 19.2. The smallest absolute Gasteiger partial charge is 0.227 e. The van der Waals surface area contributed by atoms with Gasteiger partial charge in [-0.3, -0.25) is 4.79 Å². The van der Waals surface area contributed by atoms with Crippen molar-refractivity contribution in [3.8, 4) is 11.1 Å². The van der Waals surface area contributed by atoms with Gasteiger partial charge in [0.2, 0.25) is 5.91 Å². The first-order chi connectivity index (χ1) is 11.3. The van der Waals surface area contributed by atoms with E-state index in [2.05, 4.69) is 5.32 Å². The van der Waals surface area contributed by atoms with Crippen LogP contribution in [-0.2, 0) is 4.79 Å². The predicted octanol–water partition coefficient (Wildman–Crippen LogP) is 4.12. The van der Waals surface area contributed by atoms with Crippen LogP contribution in [0.4, 0.5) is 18.9 Å². The van der Waals surface area contributed by atoms with Gasteiger partial charge >= 0.3 is 0 Å². The van der Waals surface area contributed by atoms with Crippen molar-refractivity contribution in [1.29, 1.82) is 0 Å². The van der Waals surface area contributed by atoms with E-state index in [4.69, 9.17) is 0 Å². The number of amides is 1. The topological polar surface area (TPSA) is 49.3 Å². The molecule has 0 fully saturated rings. The van der Waals surface area contributed by atoms with Crippen LogP contribution in [-0.4, -0.2) is 17.1 Å². The first kappa shape index (κ1) is 18.0. The van der Waals surface area contributed by atoms with Crippen LogP contribution in [0.3, 0.4) is 0 Å². The fourth-order valence-corrected chi connectivity index (χ4v) is 2.18. The number of hydrogen-bond acceptors (Lipinski definition) is 2. The minimum Gasteiger partial charge on any atom is -0.392 e. The van der Waals surface area contributed by atoms with Crippen LogP contribution < -0.4 is 5.32 Å². The number of carbonyl (C=O) groups excluding carboxylic acids is 1. The molecule has 0 aliphatic carbocycles. The maximum Gasteiger partial charge on any atom is 0.227 e. The zero-order chi connectivity index (χ0) is 17.9. The summed E-state index contributed by atoms with van der Waals surface area (Å²) in [6.07, 6.45) is -0.893. The Balaban J connectivity index is 2.30. The molecule has 0 saturated heterocycles. The van der Waals surface area contributed by atoms with Gasteiger partial charge in [-0.25, -0.2) is 13.2 Å². The molecule has 6 heteroatoms. The van der Waals surface area contributed by atoms with Gasteiger partial charge in [0.15, 0.2) is 17.5 Å². The van der Waals surface area contributed by atoms with E-state index >= 15 is 0 Å². The minimum atomic E-state index is -1.54. The van der Waals surface area contributed by atoms with E-state index in [9.17, 15) is 23.1 Å². The van der Waals surface area contributed by atoms with Crippen molar-refractivity contribution in [3.05, 3.63) is 53.8 Å². The van der Waals surface area contributed by atoms with Gasteiger partial charge in [-0.05, 0) is 29.7 Å². The zero-order valence-electron chi connectivity index (χ0n) is 13.3. The number of benzene rings is 2. The summed E-state index contributed by atoms with van der Waals surface area (Å²) in [7, 11) is 0. The third-order valence-corrected chi connectivity index (χ3v) is 3.66. The van der Waals surface area contributed by atoms with Gasteiger partial charge in [0.1, 0.15) is 0 Å². The van der Waals surface area contributed by atoms with E-state index in [0.717, 1.165) is 12.1 Å². The molecule has 3 nitrogen and oxygen atoms in total. The van der Waals surface area contributed by atoms with Crippen molar-refractivity contribution in [2.24, 2.45) is 5.92 Å². The lowest BCUT2D eigenvalue weighted by molar-refractivity contribution is -0.118. The number of aliphatic hydroxyl groups excluding tert-OH is 1. The van der Waals surface area contributed by atoms with E-state index in [-0.39, 0.29) is 17.9 Å². The number of hydrogen-bond donors (Lipinski definition) is 2. The first-order valence-electron chi connectivity index (χ1n) is 7.51. The number of aliphatic hydroxyl groups is 1. The van der Waals surface area contributed by atoms with Crippen LogP contribution in [0.15, 0.2) is 36.4 Å². The summed E-state index contributed by atoms with van der Waals surface area (Å²) in [6.45, 7) is 3.58. The standard InChI is InChI=1S/C18H18F3NO2/c1-10(2)16(23)9-17(24)22-15-6-4-3-5-12(15)11-7-13(19)18(21)14(20)8-11/h3-8,10,16,23H,9H2,1-2H3,(H,22,24). The number of carbonyl (C=O) groups is 1. The number of anilines is 1. The third kappa shape index (κ3) is 4.14. The molecule has 24 heavy (non-hydrogen) atoms. The van der Waals surface area contributed by atoms with Crippen molar-refractivity contribution in [2.45, 2.75) is 26.4 Å². The van der Waals surface area contributed by atoms with Gasteiger partial charge in [-0.1, -0.05) is 32.0 Å². The summed E-state index contributed by atoms with van der Waals surface area (Å²) in [4.78, 5) is 12.0. The first-order valence-corrected chi connectivity index (χ1v) is 7.51. The summed E-state index contributed by atoms with van der Waals surface area (Å²) in [5.74, 6) is -4.65. The summed E-state index contributed by atoms with van der Waals surface area (Å²) < 4.78 is 40.0. The Labute approximate surface area is 138 Å². The largest absolute Gasteiger partial charge is 0.392 e. The molecular weight excluding hydrogens is 319 g/mol. The lowest BCUT2D eigenvalue weighted by atomic mass is 10.0. The molecule has 0 aliphatic rings. The lowest BCUT2D eigenvalue weighted by Gasteiger charge is -2.16. The van der Waals surface area contributed by atoms with Gasteiger partial charge in [0, 0.05) is 11.3 Å². The second kappa shape index (κ2) is 7.49. The Morgan fingerprint density at radius 1 is 1.12 bits per heavy atom. The molecule has 2 aromatic carbocycles. The highest BCUT2D eigenvalue weighted by Crippen LogP contribution is 2.30. The SMILES string of the molecule is CC(C)C(O)CC(=O)Nc1ccccc1-c1cc(F)c(F)c(F)c1. The molecule has 0 aliphatic heterocycles. The van der Waals surface area contributed by atoms with Crippen molar-refractivity contribution in [2.75, 3.05) is 5.32 Å². The molecular formula is C18H18F3NO2. The van der Waals surface area contributed by atoms with Crippen LogP contribution in [0, 0.1) is 23.4 Å². The molecule has 0 aromatic heterocycles. The molecule has 2 aromatic rings. The average molecular weight is 337 g/mol. The van der Waals surface area contributed by atoms with E-state index in [1.54, 1.807) is 38.1 Å². The molecule has 0 spiro atoms. The second-order valence-electron chi connectivity index (χ2n) is 5.86. The van der Waals surface area contributed by atoms with Gasteiger partial charge in [-0.2, -0.15) is 0 Å². The normalized spacial score (nSPS) is 12.3. The Morgan fingerprint density at radius 3 is 2.29 bits per heavy atom. The summed E-state index contributed by atoms with van der Waals surface area (Å²) in [5.41, 5.74) is 0.776. The number of para-hydroxylation sites is 1. The van der Waals surface area contributed by atoms with Crippen LogP contribution in [0.2, 0.25) is 0 Å². The molecule has 1 unspecified atom stereocenters. The third-order valence-electron chi connectivity index (χ3n) is 3.66. The maximum absolute atomic E-state index is 13.4. The quantitative estimate of drug-likeness (QED) is 0.807. The monoisotopic (exact) mass is 337 g/mol.